The lowest BCUT2D eigenvalue weighted by Crippen LogP contribution is -2.29. The SMILES string of the molecule is Cc1ccc(NC(=O)[C@@H](C)OC(=O)/C=C/c2ccc(C(C)C)cc2)cc1Cl. The van der Waals surface area contributed by atoms with Crippen molar-refractivity contribution in [2.45, 2.75) is 39.7 Å². The van der Waals surface area contributed by atoms with E-state index in [0.29, 0.717) is 16.6 Å². The molecule has 1 N–H and O–H groups in total. The van der Waals surface area contributed by atoms with Gasteiger partial charge in [0.25, 0.3) is 5.91 Å². The lowest BCUT2D eigenvalue weighted by Gasteiger charge is -2.13. The van der Waals surface area contributed by atoms with Crippen LogP contribution in [0, 0.1) is 6.92 Å². The summed E-state index contributed by atoms with van der Waals surface area (Å²) in [6, 6.07) is 13.1. The minimum atomic E-state index is -0.925. The largest absolute Gasteiger partial charge is 0.449 e. The van der Waals surface area contributed by atoms with Crippen molar-refractivity contribution in [1.82, 2.24) is 0 Å². The Morgan fingerprint density at radius 3 is 2.33 bits per heavy atom. The second kappa shape index (κ2) is 9.38. The fraction of sp³-hybridized carbons (Fsp3) is 0.273. The Bertz CT molecular complexity index is 841. The Morgan fingerprint density at radius 1 is 1.07 bits per heavy atom. The molecule has 0 saturated carbocycles. The third-order valence-corrected chi connectivity index (χ3v) is 4.52. The van der Waals surface area contributed by atoms with Crippen molar-refractivity contribution >= 4 is 35.2 Å². The number of aryl methyl sites for hydroxylation is 1. The molecule has 2 rings (SSSR count). The van der Waals surface area contributed by atoms with Crippen LogP contribution in [0.4, 0.5) is 5.69 Å². The zero-order valence-electron chi connectivity index (χ0n) is 16.0. The molecule has 0 unspecified atom stereocenters. The molecule has 0 aromatic heterocycles. The van der Waals surface area contributed by atoms with Crippen LogP contribution in [0.1, 0.15) is 43.4 Å². The van der Waals surface area contributed by atoms with E-state index >= 15 is 0 Å². The molecule has 0 heterocycles. The molecule has 0 saturated heterocycles. The first-order valence-electron chi connectivity index (χ1n) is 8.82. The van der Waals surface area contributed by atoms with Crippen LogP contribution in [0.2, 0.25) is 5.02 Å². The summed E-state index contributed by atoms with van der Waals surface area (Å²) < 4.78 is 5.15. The Morgan fingerprint density at radius 2 is 1.74 bits per heavy atom. The highest BCUT2D eigenvalue weighted by Gasteiger charge is 2.17. The molecule has 0 aliphatic rings. The summed E-state index contributed by atoms with van der Waals surface area (Å²) in [6.07, 6.45) is 2.05. The molecule has 5 heteroatoms. The van der Waals surface area contributed by atoms with E-state index in [0.717, 1.165) is 11.1 Å². The van der Waals surface area contributed by atoms with E-state index in [1.807, 2.05) is 37.3 Å². The predicted molar refractivity (Wildman–Crippen MR) is 110 cm³/mol. The van der Waals surface area contributed by atoms with Crippen LogP contribution in [-0.4, -0.2) is 18.0 Å². The van der Waals surface area contributed by atoms with Gasteiger partial charge >= 0.3 is 5.97 Å². The molecule has 0 fully saturated rings. The molecule has 142 valence electrons. The standard InChI is InChI=1S/C22H24ClNO3/c1-14(2)18-9-6-17(7-10-18)8-12-21(25)27-16(4)22(26)24-19-11-5-15(3)20(23)13-19/h5-14,16H,1-4H3,(H,24,26)/b12-8+/t16-/m1/s1. The van der Waals surface area contributed by atoms with Gasteiger partial charge in [-0.15, -0.1) is 0 Å². The van der Waals surface area contributed by atoms with Crippen molar-refractivity contribution in [2.24, 2.45) is 0 Å². The number of anilines is 1. The van der Waals surface area contributed by atoms with E-state index in [4.69, 9.17) is 16.3 Å². The van der Waals surface area contributed by atoms with Crippen LogP contribution in [0.3, 0.4) is 0 Å². The molecule has 0 aliphatic heterocycles. The monoisotopic (exact) mass is 385 g/mol. The maximum absolute atomic E-state index is 12.2. The molecule has 0 bridgehead atoms. The number of hydrogen-bond donors (Lipinski definition) is 1. The summed E-state index contributed by atoms with van der Waals surface area (Å²) >= 11 is 6.04. The van der Waals surface area contributed by atoms with E-state index in [1.54, 1.807) is 18.2 Å². The highest BCUT2D eigenvalue weighted by Crippen LogP contribution is 2.20. The Hall–Kier alpha value is -2.59. The number of amides is 1. The lowest BCUT2D eigenvalue weighted by molar-refractivity contribution is -0.148. The summed E-state index contributed by atoms with van der Waals surface area (Å²) in [5.74, 6) is -0.541. The minimum absolute atomic E-state index is 0.419. The Balaban J connectivity index is 1.89. The van der Waals surface area contributed by atoms with Gasteiger partial charge in [-0.25, -0.2) is 4.79 Å². The highest BCUT2D eigenvalue weighted by atomic mass is 35.5. The quantitative estimate of drug-likeness (QED) is 0.538. The summed E-state index contributed by atoms with van der Waals surface area (Å²) in [7, 11) is 0. The molecule has 27 heavy (non-hydrogen) atoms. The Kier molecular flexibility index (Phi) is 7.19. The topological polar surface area (TPSA) is 55.4 Å². The molecule has 1 amide bonds. The fourth-order valence-electron chi connectivity index (χ4n) is 2.34. The number of benzene rings is 2. The number of esters is 1. The van der Waals surface area contributed by atoms with Crippen molar-refractivity contribution in [3.63, 3.8) is 0 Å². The van der Waals surface area contributed by atoms with Gasteiger partial charge < -0.3 is 10.1 Å². The van der Waals surface area contributed by atoms with E-state index in [9.17, 15) is 9.59 Å². The van der Waals surface area contributed by atoms with E-state index in [-0.39, 0.29) is 0 Å². The molecular formula is C22H24ClNO3. The van der Waals surface area contributed by atoms with Crippen LogP contribution in [0.25, 0.3) is 6.08 Å². The van der Waals surface area contributed by atoms with Gasteiger partial charge in [-0.2, -0.15) is 0 Å². The zero-order valence-corrected chi connectivity index (χ0v) is 16.7. The van der Waals surface area contributed by atoms with E-state index < -0.39 is 18.0 Å². The first-order chi connectivity index (χ1) is 12.8. The number of carbonyl (C=O) groups is 2. The van der Waals surface area contributed by atoms with Gasteiger partial charge in [0.05, 0.1) is 0 Å². The van der Waals surface area contributed by atoms with Crippen molar-refractivity contribution in [2.75, 3.05) is 5.32 Å². The Labute approximate surface area is 165 Å². The normalized spacial score (nSPS) is 12.2. The molecule has 0 spiro atoms. The molecule has 4 nitrogen and oxygen atoms in total. The number of hydrogen-bond acceptors (Lipinski definition) is 3. The summed E-state index contributed by atoms with van der Waals surface area (Å²) in [6.45, 7) is 7.65. The van der Waals surface area contributed by atoms with Gasteiger partial charge in [0.2, 0.25) is 0 Å². The van der Waals surface area contributed by atoms with Crippen LogP contribution in [0.5, 0.6) is 0 Å². The van der Waals surface area contributed by atoms with Gasteiger partial charge in [-0.1, -0.05) is 55.8 Å². The minimum Gasteiger partial charge on any atom is -0.449 e. The van der Waals surface area contributed by atoms with E-state index in [1.165, 1.54) is 18.6 Å². The van der Waals surface area contributed by atoms with Crippen molar-refractivity contribution in [3.8, 4) is 0 Å². The third-order valence-electron chi connectivity index (χ3n) is 4.12. The molecule has 2 aromatic carbocycles. The number of nitrogens with one attached hydrogen (secondary N) is 1. The van der Waals surface area contributed by atoms with Gasteiger partial charge in [-0.05, 0) is 54.7 Å². The van der Waals surface area contributed by atoms with Gasteiger partial charge in [0.1, 0.15) is 0 Å². The predicted octanol–water partition coefficient (Wildman–Crippen LogP) is 5.36. The highest BCUT2D eigenvalue weighted by molar-refractivity contribution is 6.31. The van der Waals surface area contributed by atoms with Crippen LogP contribution in [-0.2, 0) is 14.3 Å². The zero-order chi connectivity index (χ0) is 20.0. The van der Waals surface area contributed by atoms with Crippen molar-refractivity contribution < 1.29 is 14.3 Å². The fourth-order valence-corrected chi connectivity index (χ4v) is 2.52. The molecule has 1 atom stereocenters. The van der Waals surface area contributed by atoms with Gasteiger partial charge in [0, 0.05) is 16.8 Å². The number of ether oxygens (including phenoxy) is 1. The second-order valence-corrected chi connectivity index (χ2v) is 7.09. The molecular weight excluding hydrogens is 362 g/mol. The number of rotatable bonds is 6. The van der Waals surface area contributed by atoms with E-state index in [2.05, 4.69) is 19.2 Å². The number of halogens is 1. The molecule has 0 aliphatic carbocycles. The van der Waals surface area contributed by atoms with Crippen molar-refractivity contribution in [1.29, 1.82) is 0 Å². The summed E-state index contributed by atoms with van der Waals surface area (Å²) in [5.41, 5.74) is 3.60. The van der Waals surface area contributed by atoms with Crippen LogP contribution >= 0.6 is 11.6 Å². The van der Waals surface area contributed by atoms with Crippen molar-refractivity contribution in [3.05, 3.63) is 70.3 Å². The average molecular weight is 386 g/mol. The molecule has 0 radical (unpaired) electrons. The average Bonchev–Trinajstić information content (AvgIpc) is 2.63. The van der Waals surface area contributed by atoms with Gasteiger partial charge in [-0.3, -0.25) is 4.79 Å². The second-order valence-electron chi connectivity index (χ2n) is 6.69. The van der Waals surface area contributed by atoms with Crippen LogP contribution in [0.15, 0.2) is 48.5 Å². The first kappa shape index (κ1) is 20.7. The summed E-state index contributed by atoms with van der Waals surface area (Å²) in [4.78, 5) is 24.1. The smallest absolute Gasteiger partial charge is 0.331 e. The first-order valence-corrected chi connectivity index (χ1v) is 9.19. The number of carbonyl (C=O) groups excluding carboxylic acids is 2. The maximum Gasteiger partial charge on any atom is 0.331 e. The third kappa shape index (κ3) is 6.26. The maximum atomic E-state index is 12.2. The molecule has 2 aromatic rings. The van der Waals surface area contributed by atoms with Crippen LogP contribution < -0.4 is 5.32 Å². The summed E-state index contributed by atoms with van der Waals surface area (Å²) in [5, 5.41) is 3.24. The lowest BCUT2D eigenvalue weighted by atomic mass is 10.0. The van der Waals surface area contributed by atoms with Gasteiger partial charge in [0.15, 0.2) is 6.10 Å².